The molecule has 2 aromatic carbocycles. The number of rotatable bonds is 7. The zero-order valence-corrected chi connectivity index (χ0v) is 18.4. The number of hydrogen-bond acceptors (Lipinski definition) is 6. The molecule has 0 aliphatic rings. The zero-order valence-electron chi connectivity index (χ0n) is 16.1. The van der Waals surface area contributed by atoms with Gasteiger partial charge in [-0.15, -0.1) is 5.10 Å². The lowest BCUT2D eigenvalue weighted by molar-refractivity contribution is -0.113. The maximum atomic E-state index is 12.4. The summed E-state index contributed by atoms with van der Waals surface area (Å²) < 4.78 is 5.21. The van der Waals surface area contributed by atoms with Crippen LogP contribution < -0.4 is 5.32 Å². The Morgan fingerprint density at radius 3 is 2.70 bits per heavy atom. The molecule has 7 nitrogen and oxygen atoms in total. The quantitative estimate of drug-likeness (QED) is 0.373. The van der Waals surface area contributed by atoms with Crippen LogP contribution in [0.15, 0.2) is 47.6 Å². The van der Waals surface area contributed by atoms with Gasteiger partial charge in [-0.05, 0) is 44.2 Å². The minimum absolute atomic E-state index is 0.0548. The molecule has 0 saturated carbocycles. The summed E-state index contributed by atoms with van der Waals surface area (Å²) in [6, 6.07) is 11.7. The molecule has 10 heteroatoms. The van der Waals surface area contributed by atoms with Crippen molar-refractivity contribution in [2.45, 2.75) is 25.1 Å². The number of esters is 1. The Kier molecular flexibility index (Phi) is 7.36. The smallest absolute Gasteiger partial charge is 0.340 e. The molecule has 0 radical (unpaired) electrons. The molecule has 2 N–H and O–H groups in total. The average Bonchev–Trinajstić information content (AvgIpc) is 3.15. The molecule has 3 aromatic rings. The van der Waals surface area contributed by atoms with Gasteiger partial charge in [-0.25, -0.2) is 9.78 Å². The molecule has 1 aromatic heterocycles. The lowest BCUT2D eigenvalue weighted by Crippen LogP contribution is -2.18. The van der Waals surface area contributed by atoms with Crippen LogP contribution in [-0.4, -0.2) is 38.9 Å². The van der Waals surface area contributed by atoms with Crippen LogP contribution in [0, 0.1) is 0 Å². The van der Waals surface area contributed by atoms with Gasteiger partial charge in [0.1, 0.15) is 0 Å². The summed E-state index contributed by atoms with van der Waals surface area (Å²) in [7, 11) is 0. The number of aromatic amines is 1. The maximum absolute atomic E-state index is 12.4. The van der Waals surface area contributed by atoms with E-state index in [9.17, 15) is 9.59 Å². The van der Waals surface area contributed by atoms with Crippen molar-refractivity contribution in [3.8, 4) is 11.4 Å². The molecule has 0 atom stereocenters. The van der Waals surface area contributed by atoms with Crippen LogP contribution in [0.5, 0.6) is 0 Å². The van der Waals surface area contributed by atoms with E-state index < -0.39 is 5.97 Å². The van der Waals surface area contributed by atoms with Gasteiger partial charge in [-0.2, -0.15) is 0 Å². The van der Waals surface area contributed by atoms with Crippen molar-refractivity contribution in [2.24, 2.45) is 0 Å². The SMILES string of the molecule is CC(C)OC(=O)c1ccccc1NC(=O)CSc1n[nH]c(-c2ccc(Cl)cc2Cl)n1. The van der Waals surface area contributed by atoms with Crippen LogP contribution in [0.2, 0.25) is 10.0 Å². The fourth-order valence-electron chi connectivity index (χ4n) is 2.48. The van der Waals surface area contributed by atoms with E-state index in [1.165, 1.54) is 0 Å². The molecular weight excluding hydrogens is 447 g/mol. The summed E-state index contributed by atoms with van der Waals surface area (Å²) in [5, 5.41) is 11.0. The molecule has 0 aliphatic heterocycles. The number of hydrogen-bond donors (Lipinski definition) is 2. The largest absolute Gasteiger partial charge is 0.459 e. The number of thioether (sulfide) groups is 1. The van der Waals surface area contributed by atoms with Crippen molar-refractivity contribution in [3.63, 3.8) is 0 Å². The molecule has 1 amide bonds. The minimum atomic E-state index is -0.494. The average molecular weight is 465 g/mol. The Labute approximate surface area is 187 Å². The standard InChI is InChI=1S/C20H18Cl2N4O3S/c1-11(2)29-19(28)14-5-3-4-6-16(14)23-17(27)10-30-20-24-18(25-26-20)13-8-7-12(21)9-15(13)22/h3-9,11H,10H2,1-2H3,(H,23,27)(H,24,25,26). The third-order valence-corrected chi connectivity index (χ3v) is 5.14. The Morgan fingerprint density at radius 2 is 1.97 bits per heavy atom. The second kappa shape index (κ2) is 9.97. The number of carbonyl (C=O) groups excluding carboxylic acids is 2. The number of nitrogens with zero attached hydrogens (tertiary/aromatic N) is 2. The molecule has 30 heavy (non-hydrogen) atoms. The predicted molar refractivity (Wildman–Crippen MR) is 118 cm³/mol. The van der Waals surface area contributed by atoms with Crippen LogP contribution >= 0.6 is 35.0 Å². The topological polar surface area (TPSA) is 97.0 Å². The first-order valence-electron chi connectivity index (χ1n) is 8.94. The maximum Gasteiger partial charge on any atom is 0.340 e. The zero-order chi connectivity index (χ0) is 21.7. The number of anilines is 1. The number of para-hydroxylation sites is 1. The van der Waals surface area contributed by atoms with Gasteiger partial charge in [0.2, 0.25) is 11.1 Å². The summed E-state index contributed by atoms with van der Waals surface area (Å²) in [5.41, 5.74) is 1.34. The highest BCUT2D eigenvalue weighted by molar-refractivity contribution is 7.99. The summed E-state index contributed by atoms with van der Waals surface area (Å²) >= 11 is 13.2. The van der Waals surface area contributed by atoms with Gasteiger partial charge in [0.05, 0.1) is 28.1 Å². The normalized spacial score (nSPS) is 10.8. The predicted octanol–water partition coefficient (Wildman–Crippen LogP) is 5.07. The van der Waals surface area contributed by atoms with Crippen LogP contribution in [-0.2, 0) is 9.53 Å². The number of ether oxygens (including phenoxy) is 1. The van der Waals surface area contributed by atoms with Crippen molar-refractivity contribution in [3.05, 3.63) is 58.1 Å². The Hall–Kier alpha value is -2.55. The highest BCUT2D eigenvalue weighted by atomic mass is 35.5. The van der Waals surface area contributed by atoms with Crippen molar-refractivity contribution >= 4 is 52.5 Å². The number of benzene rings is 2. The van der Waals surface area contributed by atoms with Gasteiger partial charge in [-0.1, -0.05) is 47.1 Å². The Balaban J connectivity index is 1.62. The van der Waals surface area contributed by atoms with E-state index in [4.69, 9.17) is 27.9 Å². The Morgan fingerprint density at radius 1 is 1.20 bits per heavy atom. The molecule has 0 unspecified atom stereocenters. The van der Waals surface area contributed by atoms with Crippen LogP contribution in [0.4, 0.5) is 5.69 Å². The van der Waals surface area contributed by atoms with Gasteiger partial charge in [0.15, 0.2) is 5.82 Å². The van der Waals surface area contributed by atoms with Crippen molar-refractivity contribution in [2.75, 3.05) is 11.1 Å². The van der Waals surface area contributed by atoms with E-state index in [1.807, 2.05) is 0 Å². The van der Waals surface area contributed by atoms with Crippen LogP contribution in [0.25, 0.3) is 11.4 Å². The highest BCUT2D eigenvalue weighted by Crippen LogP contribution is 2.29. The number of carbonyl (C=O) groups is 2. The first kappa shape index (κ1) is 22.1. The van der Waals surface area contributed by atoms with E-state index in [-0.39, 0.29) is 17.8 Å². The van der Waals surface area contributed by atoms with Gasteiger partial charge >= 0.3 is 5.97 Å². The monoisotopic (exact) mass is 464 g/mol. The second-order valence-corrected chi connectivity index (χ2v) is 8.21. The van der Waals surface area contributed by atoms with E-state index >= 15 is 0 Å². The van der Waals surface area contributed by atoms with E-state index in [0.717, 1.165) is 11.8 Å². The molecule has 1 heterocycles. The summed E-state index contributed by atoms with van der Waals surface area (Å²) in [6.07, 6.45) is -0.258. The van der Waals surface area contributed by atoms with Crippen LogP contribution in [0.3, 0.4) is 0 Å². The molecule has 0 aliphatic carbocycles. The lowest BCUT2D eigenvalue weighted by atomic mass is 10.2. The third kappa shape index (κ3) is 5.75. The second-order valence-electron chi connectivity index (χ2n) is 6.43. The number of halogens is 2. The van der Waals surface area contributed by atoms with Crippen molar-refractivity contribution < 1.29 is 14.3 Å². The fourth-order valence-corrected chi connectivity index (χ4v) is 3.57. The Bertz CT molecular complexity index is 1070. The molecule has 0 fully saturated rings. The van der Waals surface area contributed by atoms with E-state index in [2.05, 4.69) is 20.5 Å². The minimum Gasteiger partial charge on any atom is -0.459 e. The first-order chi connectivity index (χ1) is 14.3. The lowest BCUT2D eigenvalue weighted by Gasteiger charge is -2.12. The third-order valence-electron chi connectivity index (χ3n) is 3.75. The molecule has 0 spiro atoms. The van der Waals surface area contributed by atoms with Crippen molar-refractivity contribution in [1.29, 1.82) is 0 Å². The number of H-pyrrole nitrogens is 1. The number of nitrogens with one attached hydrogen (secondary N) is 2. The molecule has 0 bridgehead atoms. The molecule has 0 saturated heterocycles. The van der Waals surface area contributed by atoms with Gasteiger partial charge in [0, 0.05) is 10.6 Å². The van der Waals surface area contributed by atoms with Gasteiger partial charge in [0.25, 0.3) is 0 Å². The number of aromatic nitrogens is 3. The fraction of sp³-hybridized carbons (Fsp3) is 0.200. The number of amides is 1. The van der Waals surface area contributed by atoms with Crippen molar-refractivity contribution in [1.82, 2.24) is 15.2 Å². The highest BCUT2D eigenvalue weighted by Gasteiger charge is 2.16. The molecular formula is C20H18Cl2N4O3S. The summed E-state index contributed by atoms with van der Waals surface area (Å²) in [4.78, 5) is 28.9. The first-order valence-corrected chi connectivity index (χ1v) is 10.7. The molecule has 3 rings (SSSR count). The van der Waals surface area contributed by atoms with Gasteiger partial charge in [-0.3, -0.25) is 9.89 Å². The van der Waals surface area contributed by atoms with Crippen LogP contribution in [0.1, 0.15) is 24.2 Å². The van der Waals surface area contributed by atoms with Gasteiger partial charge < -0.3 is 10.1 Å². The summed E-state index contributed by atoms with van der Waals surface area (Å²) in [6.45, 7) is 3.52. The summed E-state index contributed by atoms with van der Waals surface area (Å²) in [5.74, 6) is -0.270. The van der Waals surface area contributed by atoms with E-state index in [0.29, 0.717) is 37.8 Å². The van der Waals surface area contributed by atoms with E-state index in [1.54, 1.807) is 56.3 Å². The molecule has 156 valence electrons.